The lowest BCUT2D eigenvalue weighted by molar-refractivity contribution is -0.384. The molecule has 1 aliphatic heterocycles. The molecule has 0 spiro atoms. The van der Waals surface area contributed by atoms with Crippen LogP contribution in [0.15, 0.2) is 36.4 Å². The lowest BCUT2D eigenvalue weighted by atomic mass is 10.1. The average molecular weight is 304 g/mol. The zero-order valence-electron chi connectivity index (χ0n) is 11.3. The molecule has 0 N–H and O–H groups in total. The summed E-state index contributed by atoms with van der Waals surface area (Å²) in [6.45, 7) is 0.269. The van der Waals surface area contributed by atoms with Crippen molar-refractivity contribution >= 4 is 17.3 Å². The fraction of sp³-hybridized carbons (Fsp3) is 0.133. The van der Waals surface area contributed by atoms with Crippen molar-refractivity contribution in [2.75, 3.05) is 11.4 Å². The molecule has 1 heterocycles. The molecule has 2 aromatic rings. The van der Waals surface area contributed by atoms with Crippen LogP contribution in [0.5, 0.6) is 0 Å². The van der Waals surface area contributed by atoms with Crippen molar-refractivity contribution in [3.05, 3.63) is 69.3 Å². The van der Waals surface area contributed by atoms with Crippen molar-refractivity contribution in [3.63, 3.8) is 0 Å². The number of fused-ring (bicyclic) bond motifs is 1. The van der Waals surface area contributed by atoms with Crippen LogP contribution >= 0.6 is 0 Å². The van der Waals surface area contributed by atoms with Gasteiger partial charge in [0.2, 0.25) is 0 Å². The normalized spacial score (nSPS) is 13.1. The molecule has 0 unspecified atom stereocenters. The first-order valence-corrected chi connectivity index (χ1v) is 6.51. The van der Waals surface area contributed by atoms with E-state index in [9.17, 15) is 23.7 Å². The number of hydrogen-bond donors (Lipinski definition) is 0. The maximum absolute atomic E-state index is 13.7. The number of rotatable bonds is 2. The third kappa shape index (κ3) is 2.30. The van der Waals surface area contributed by atoms with Crippen LogP contribution in [0.3, 0.4) is 0 Å². The van der Waals surface area contributed by atoms with Gasteiger partial charge in [-0.25, -0.2) is 8.78 Å². The molecule has 0 fully saturated rings. The minimum absolute atomic E-state index is 0.154. The van der Waals surface area contributed by atoms with E-state index in [4.69, 9.17) is 0 Å². The van der Waals surface area contributed by atoms with Crippen LogP contribution < -0.4 is 4.90 Å². The van der Waals surface area contributed by atoms with E-state index in [0.717, 1.165) is 23.8 Å². The number of carbonyl (C=O) groups is 1. The van der Waals surface area contributed by atoms with Gasteiger partial charge in [0.05, 0.1) is 16.2 Å². The summed E-state index contributed by atoms with van der Waals surface area (Å²) in [5, 5.41) is 10.8. The number of nitrogens with zero attached hydrogens (tertiary/aromatic N) is 2. The summed E-state index contributed by atoms with van der Waals surface area (Å²) in [6, 6.07) is 6.84. The second kappa shape index (κ2) is 5.18. The number of amides is 1. The van der Waals surface area contributed by atoms with Crippen LogP contribution in [0.2, 0.25) is 0 Å². The van der Waals surface area contributed by atoms with Gasteiger partial charge in [0.1, 0.15) is 11.6 Å². The van der Waals surface area contributed by atoms with Crippen LogP contribution in [0, 0.1) is 21.7 Å². The molecule has 0 saturated heterocycles. The van der Waals surface area contributed by atoms with Crippen LogP contribution in [0.1, 0.15) is 15.9 Å². The fourth-order valence-corrected chi connectivity index (χ4v) is 2.50. The van der Waals surface area contributed by atoms with Crippen LogP contribution in [0.25, 0.3) is 0 Å². The van der Waals surface area contributed by atoms with Gasteiger partial charge in [0.15, 0.2) is 0 Å². The molecule has 1 amide bonds. The molecule has 3 rings (SSSR count). The highest BCUT2D eigenvalue weighted by molar-refractivity contribution is 6.07. The van der Waals surface area contributed by atoms with Crippen molar-refractivity contribution in [2.45, 2.75) is 6.42 Å². The Hall–Kier alpha value is -2.83. The van der Waals surface area contributed by atoms with Gasteiger partial charge in [-0.05, 0) is 30.2 Å². The van der Waals surface area contributed by atoms with Crippen molar-refractivity contribution in [1.82, 2.24) is 0 Å². The van der Waals surface area contributed by atoms with E-state index in [1.54, 1.807) is 6.07 Å². The van der Waals surface area contributed by atoms with Gasteiger partial charge in [-0.2, -0.15) is 0 Å². The third-order valence-corrected chi connectivity index (χ3v) is 3.58. The molecule has 0 radical (unpaired) electrons. The summed E-state index contributed by atoms with van der Waals surface area (Å²) in [6.07, 6.45) is 0.510. The third-order valence-electron chi connectivity index (χ3n) is 3.58. The predicted octanol–water partition coefficient (Wildman–Crippen LogP) is 3.08. The number of nitro groups is 1. The Morgan fingerprint density at radius 2 is 1.95 bits per heavy atom. The summed E-state index contributed by atoms with van der Waals surface area (Å²) >= 11 is 0. The van der Waals surface area contributed by atoms with E-state index in [1.165, 1.54) is 17.0 Å². The number of hydrogen-bond acceptors (Lipinski definition) is 3. The standard InChI is InChI=1S/C15H10F2N2O3/c16-10-2-4-13(17)12(7-10)15(20)18-6-5-9-1-3-11(19(21)22)8-14(9)18/h1-4,7-8H,5-6H2. The Bertz CT molecular complexity index is 792. The Balaban J connectivity index is 2.02. The van der Waals surface area contributed by atoms with Gasteiger partial charge in [-0.1, -0.05) is 6.07 Å². The van der Waals surface area contributed by atoms with Gasteiger partial charge in [-0.3, -0.25) is 14.9 Å². The second-order valence-corrected chi connectivity index (χ2v) is 4.90. The maximum atomic E-state index is 13.7. The molecule has 0 saturated carbocycles. The monoisotopic (exact) mass is 304 g/mol. The first-order chi connectivity index (χ1) is 10.5. The summed E-state index contributed by atoms with van der Waals surface area (Å²) in [4.78, 5) is 23.9. The Morgan fingerprint density at radius 1 is 1.18 bits per heavy atom. The summed E-state index contributed by atoms with van der Waals surface area (Å²) in [7, 11) is 0. The van der Waals surface area contributed by atoms with Gasteiger partial charge in [-0.15, -0.1) is 0 Å². The maximum Gasteiger partial charge on any atom is 0.271 e. The molecule has 0 bridgehead atoms. The molecular weight excluding hydrogens is 294 g/mol. The molecule has 0 aromatic heterocycles. The molecule has 7 heteroatoms. The van der Waals surface area contributed by atoms with E-state index >= 15 is 0 Å². The van der Waals surface area contributed by atoms with Gasteiger partial charge in [0, 0.05) is 18.7 Å². The minimum atomic E-state index is -0.828. The van der Waals surface area contributed by atoms with E-state index < -0.39 is 22.5 Å². The van der Waals surface area contributed by atoms with Crippen molar-refractivity contribution < 1.29 is 18.5 Å². The van der Waals surface area contributed by atoms with E-state index in [1.807, 2.05) is 0 Å². The average Bonchev–Trinajstić information content (AvgIpc) is 2.92. The zero-order chi connectivity index (χ0) is 15.9. The summed E-state index contributed by atoms with van der Waals surface area (Å²) in [5.41, 5.74) is 0.580. The number of anilines is 1. The molecule has 112 valence electrons. The number of carbonyl (C=O) groups excluding carboxylic acids is 1. The molecule has 1 aliphatic rings. The first kappa shape index (κ1) is 14.1. The lowest BCUT2D eigenvalue weighted by Gasteiger charge is -2.17. The Labute approximate surface area is 123 Å². The number of benzene rings is 2. The zero-order valence-corrected chi connectivity index (χ0v) is 11.3. The topological polar surface area (TPSA) is 63.5 Å². The first-order valence-electron chi connectivity index (χ1n) is 6.51. The number of nitro benzene ring substituents is 1. The van der Waals surface area contributed by atoms with Gasteiger partial charge < -0.3 is 4.90 Å². The van der Waals surface area contributed by atoms with Gasteiger partial charge in [0.25, 0.3) is 11.6 Å². The second-order valence-electron chi connectivity index (χ2n) is 4.90. The SMILES string of the molecule is O=C(c1cc(F)ccc1F)N1CCc2ccc([N+](=O)[O-])cc21. The molecular formula is C15H10F2N2O3. The number of non-ortho nitro benzene ring substituents is 1. The molecule has 2 aromatic carbocycles. The lowest BCUT2D eigenvalue weighted by Crippen LogP contribution is -2.29. The summed E-state index contributed by atoms with van der Waals surface area (Å²) < 4.78 is 27.0. The van der Waals surface area contributed by atoms with Gasteiger partial charge >= 0.3 is 0 Å². The minimum Gasteiger partial charge on any atom is -0.307 e. The van der Waals surface area contributed by atoms with Crippen molar-refractivity contribution in [2.24, 2.45) is 0 Å². The summed E-state index contributed by atoms with van der Waals surface area (Å²) in [5.74, 6) is -2.26. The molecule has 5 nitrogen and oxygen atoms in total. The molecule has 0 atom stereocenters. The Kier molecular flexibility index (Phi) is 3.32. The highest BCUT2D eigenvalue weighted by Crippen LogP contribution is 2.33. The molecule has 0 aliphatic carbocycles. The fourth-order valence-electron chi connectivity index (χ4n) is 2.50. The van der Waals surface area contributed by atoms with E-state index in [2.05, 4.69) is 0 Å². The Morgan fingerprint density at radius 3 is 2.68 bits per heavy atom. The van der Waals surface area contributed by atoms with Crippen LogP contribution in [-0.4, -0.2) is 17.4 Å². The van der Waals surface area contributed by atoms with E-state index in [-0.39, 0.29) is 17.8 Å². The largest absolute Gasteiger partial charge is 0.307 e. The van der Waals surface area contributed by atoms with E-state index in [0.29, 0.717) is 12.1 Å². The highest BCUT2D eigenvalue weighted by Gasteiger charge is 2.29. The highest BCUT2D eigenvalue weighted by atomic mass is 19.1. The predicted molar refractivity (Wildman–Crippen MR) is 74.8 cm³/mol. The van der Waals surface area contributed by atoms with Crippen molar-refractivity contribution in [1.29, 1.82) is 0 Å². The quantitative estimate of drug-likeness (QED) is 0.632. The number of halogens is 2. The smallest absolute Gasteiger partial charge is 0.271 e. The van der Waals surface area contributed by atoms with Crippen LogP contribution in [-0.2, 0) is 6.42 Å². The molecule has 22 heavy (non-hydrogen) atoms. The van der Waals surface area contributed by atoms with Crippen molar-refractivity contribution in [3.8, 4) is 0 Å². The van der Waals surface area contributed by atoms with Crippen LogP contribution in [0.4, 0.5) is 20.2 Å².